The molecule has 0 saturated carbocycles. The van der Waals surface area contributed by atoms with Crippen molar-refractivity contribution in [2.75, 3.05) is 40.9 Å². The Labute approximate surface area is 443 Å². The molecule has 0 aromatic carbocycles. The van der Waals surface area contributed by atoms with Crippen LogP contribution >= 0.6 is 7.82 Å². The molecule has 422 valence electrons. The maximum atomic E-state index is 13.0. The highest BCUT2D eigenvalue weighted by molar-refractivity contribution is 7.45. The Kier molecular flexibility index (Phi) is 53.0. The number of nitrogens with one attached hydrogen (secondary N) is 1. The zero-order valence-corrected chi connectivity index (χ0v) is 49.1. The van der Waals surface area contributed by atoms with Crippen LogP contribution in [-0.2, 0) is 18.4 Å². The Morgan fingerprint density at radius 2 is 0.817 bits per heavy atom. The predicted octanol–water partition coefficient (Wildman–Crippen LogP) is 18.5. The molecule has 71 heavy (non-hydrogen) atoms. The van der Waals surface area contributed by atoms with Crippen molar-refractivity contribution in [3.05, 3.63) is 24.3 Å². The Morgan fingerprint density at radius 1 is 0.493 bits per heavy atom. The number of rotatable bonds is 58. The van der Waals surface area contributed by atoms with E-state index >= 15 is 0 Å². The van der Waals surface area contributed by atoms with Crippen molar-refractivity contribution in [2.45, 2.75) is 328 Å². The summed E-state index contributed by atoms with van der Waals surface area (Å²) in [4.78, 5) is 25.6. The summed E-state index contributed by atoms with van der Waals surface area (Å²) in [5.74, 6) is -0.160. The number of carbonyl (C=O) groups excluding carboxylic acids is 1. The van der Waals surface area contributed by atoms with E-state index in [9.17, 15) is 19.4 Å². The molecule has 0 saturated heterocycles. The fraction of sp³-hybridized carbons (Fsp3) is 0.919. The van der Waals surface area contributed by atoms with Crippen LogP contribution in [0, 0.1) is 0 Å². The molecule has 0 radical (unpaired) electrons. The van der Waals surface area contributed by atoms with E-state index in [1.165, 1.54) is 244 Å². The van der Waals surface area contributed by atoms with Crippen molar-refractivity contribution in [1.29, 1.82) is 0 Å². The molecule has 0 rings (SSSR count). The fourth-order valence-electron chi connectivity index (χ4n) is 9.54. The lowest BCUT2D eigenvalue weighted by Crippen LogP contribution is -2.46. The topological polar surface area (TPSA) is 108 Å². The van der Waals surface area contributed by atoms with Gasteiger partial charge >= 0.3 is 0 Å². The van der Waals surface area contributed by atoms with Gasteiger partial charge in [-0.1, -0.05) is 289 Å². The molecule has 0 aromatic rings. The van der Waals surface area contributed by atoms with Crippen LogP contribution in [0.15, 0.2) is 24.3 Å². The average Bonchev–Trinajstić information content (AvgIpc) is 3.33. The third-order valence-corrected chi connectivity index (χ3v) is 15.4. The first-order chi connectivity index (χ1) is 34.5. The second-order valence-electron chi connectivity index (χ2n) is 22.8. The fourth-order valence-corrected chi connectivity index (χ4v) is 10.3. The molecule has 0 aliphatic rings. The van der Waals surface area contributed by atoms with Gasteiger partial charge in [-0.2, -0.15) is 0 Å². The van der Waals surface area contributed by atoms with Gasteiger partial charge in [0.2, 0.25) is 5.91 Å². The third-order valence-electron chi connectivity index (χ3n) is 14.4. The van der Waals surface area contributed by atoms with Crippen molar-refractivity contribution in [2.24, 2.45) is 0 Å². The smallest absolute Gasteiger partial charge is 0.268 e. The van der Waals surface area contributed by atoms with E-state index in [4.69, 9.17) is 9.05 Å². The van der Waals surface area contributed by atoms with Crippen LogP contribution in [0.25, 0.3) is 0 Å². The molecule has 0 heterocycles. The van der Waals surface area contributed by atoms with E-state index in [0.717, 1.165) is 44.9 Å². The lowest BCUT2D eigenvalue weighted by atomic mass is 10.0. The molecule has 0 fully saturated rings. The SMILES string of the molecule is CCCCCCCCCCC/C=C\C/C=C\CCCCCCCCCCCCCCCCCC(=O)NC(COP(=O)([O-])OCC[N+](C)(C)C)C(O)CCCCCCCCCCCCCCCCCCCC. The van der Waals surface area contributed by atoms with Crippen LogP contribution in [0.1, 0.15) is 316 Å². The number of hydrogen-bond donors (Lipinski definition) is 2. The number of likely N-dealkylation sites (N-methyl/N-ethyl adjacent to an activating group) is 1. The lowest BCUT2D eigenvalue weighted by Gasteiger charge is -2.30. The second-order valence-corrected chi connectivity index (χ2v) is 24.2. The van der Waals surface area contributed by atoms with Crippen LogP contribution < -0.4 is 10.2 Å². The molecule has 0 aliphatic heterocycles. The molecule has 0 spiro atoms. The van der Waals surface area contributed by atoms with E-state index < -0.39 is 20.0 Å². The number of aliphatic hydroxyl groups is 1. The van der Waals surface area contributed by atoms with E-state index in [2.05, 4.69) is 43.5 Å². The summed E-state index contributed by atoms with van der Waals surface area (Å²) in [6.45, 7) is 4.77. The minimum absolute atomic E-state index is 0.0142. The van der Waals surface area contributed by atoms with E-state index in [-0.39, 0.29) is 19.1 Å². The van der Waals surface area contributed by atoms with Gasteiger partial charge in [0.25, 0.3) is 7.82 Å². The number of allylic oxidation sites excluding steroid dienone is 4. The van der Waals surface area contributed by atoms with Gasteiger partial charge < -0.3 is 28.8 Å². The molecule has 9 heteroatoms. The summed E-state index contributed by atoms with van der Waals surface area (Å²) in [5.41, 5.74) is 0. The van der Waals surface area contributed by atoms with E-state index in [1.54, 1.807) is 0 Å². The van der Waals surface area contributed by atoms with Crippen LogP contribution in [-0.4, -0.2) is 68.5 Å². The number of amides is 1. The summed E-state index contributed by atoms with van der Waals surface area (Å²) in [6, 6.07) is -0.799. The molecule has 8 nitrogen and oxygen atoms in total. The van der Waals surface area contributed by atoms with Crippen LogP contribution in [0.2, 0.25) is 0 Å². The van der Waals surface area contributed by atoms with Gasteiger partial charge in [0.15, 0.2) is 0 Å². The molecule has 0 bridgehead atoms. The monoisotopic (exact) mass is 1020 g/mol. The lowest BCUT2D eigenvalue weighted by molar-refractivity contribution is -0.870. The number of phosphoric acid groups is 1. The number of carbonyl (C=O) groups is 1. The maximum absolute atomic E-state index is 13.0. The number of aliphatic hydroxyl groups excluding tert-OH is 1. The molecule has 0 aromatic heterocycles. The highest BCUT2D eigenvalue weighted by Crippen LogP contribution is 2.38. The van der Waals surface area contributed by atoms with Crippen LogP contribution in [0.3, 0.4) is 0 Å². The summed E-state index contributed by atoms with van der Waals surface area (Å²) in [6.07, 6.45) is 68.0. The Balaban J connectivity index is 4.04. The number of phosphoric ester groups is 1. The summed E-state index contributed by atoms with van der Waals surface area (Å²) in [7, 11) is 1.32. The Bertz CT molecular complexity index is 1210. The highest BCUT2D eigenvalue weighted by atomic mass is 31.2. The van der Waals surface area contributed by atoms with Crippen LogP contribution in [0.5, 0.6) is 0 Å². The normalized spacial score (nSPS) is 14.0. The molecule has 0 aliphatic carbocycles. The molecule has 3 unspecified atom stereocenters. The van der Waals surface area contributed by atoms with Crippen molar-refractivity contribution in [1.82, 2.24) is 5.32 Å². The Morgan fingerprint density at radius 3 is 1.17 bits per heavy atom. The first-order valence-electron chi connectivity index (χ1n) is 31.2. The van der Waals surface area contributed by atoms with Gasteiger partial charge in [0.1, 0.15) is 13.2 Å². The zero-order chi connectivity index (χ0) is 52.0. The number of hydrogen-bond acceptors (Lipinski definition) is 6. The van der Waals surface area contributed by atoms with Crippen LogP contribution in [0.4, 0.5) is 0 Å². The molecule has 2 N–H and O–H groups in total. The van der Waals surface area contributed by atoms with Gasteiger partial charge in [-0.25, -0.2) is 0 Å². The van der Waals surface area contributed by atoms with Crippen molar-refractivity contribution in [3.8, 4) is 0 Å². The number of quaternary nitrogens is 1. The van der Waals surface area contributed by atoms with E-state index in [0.29, 0.717) is 23.9 Å². The third kappa shape index (κ3) is 56.5. The van der Waals surface area contributed by atoms with Gasteiger partial charge in [-0.15, -0.1) is 0 Å². The van der Waals surface area contributed by atoms with E-state index in [1.807, 2.05) is 21.1 Å². The van der Waals surface area contributed by atoms with Crippen molar-refractivity contribution in [3.63, 3.8) is 0 Å². The molecular formula is C62H123N2O6P. The maximum Gasteiger partial charge on any atom is 0.268 e. The van der Waals surface area contributed by atoms with Crippen molar-refractivity contribution >= 4 is 13.7 Å². The summed E-state index contributed by atoms with van der Waals surface area (Å²) in [5, 5.41) is 14.0. The molecule has 1 amide bonds. The van der Waals surface area contributed by atoms with Crippen molar-refractivity contribution < 1.29 is 32.9 Å². The number of nitrogens with zero attached hydrogens (tertiary/aromatic N) is 1. The Hall–Kier alpha value is -1.02. The van der Waals surface area contributed by atoms with Gasteiger partial charge in [0.05, 0.1) is 39.9 Å². The van der Waals surface area contributed by atoms with Gasteiger partial charge in [0, 0.05) is 6.42 Å². The number of unbranched alkanes of at least 4 members (excludes halogenated alkanes) is 41. The van der Waals surface area contributed by atoms with Gasteiger partial charge in [-0.3, -0.25) is 9.36 Å². The second kappa shape index (κ2) is 53.8. The highest BCUT2D eigenvalue weighted by Gasteiger charge is 2.24. The average molecular weight is 1020 g/mol. The van der Waals surface area contributed by atoms with Gasteiger partial charge in [-0.05, 0) is 44.9 Å². The predicted molar refractivity (Wildman–Crippen MR) is 307 cm³/mol. The minimum Gasteiger partial charge on any atom is -0.756 e. The quantitative estimate of drug-likeness (QED) is 0.0272. The first-order valence-corrected chi connectivity index (χ1v) is 32.6. The molecule has 3 atom stereocenters. The summed E-state index contributed by atoms with van der Waals surface area (Å²) >= 11 is 0. The molecular weight excluding hydrogens is 900 g/mol. The standard InChI is InChI=1S/C62H123N2O6P/c1-6-8-10-12-14-16-18-20-22-24-26-27-28-29-30-31-32-33-34-35-36-37-38-40-42-44-46-48-50-52-54-56-62(66)63-60(59-70-71(67,68)69-58-57-64(3,4)5)61(65)55-53-51-49-47-45-43-41-39-25-23-21-19-17-15-13-11-9-7-2/h26-27,29-30,60-61,65H,6-25,28,31-59H2,1-5H3,(H-,63,66,67,68)/b27-26-,30-29-. The first kappa shape index (κ1) is 70.0. The largest absolute Gasteiger partial charge is 0.756 e. The summed E-state index contributed by atoms with van der Waals surface area (Å²) < 4.78 is 23.5. The zero-order valence-electron chi connectivity index (χ0n) is 48.2. The minimum atomic E-state index is -4.57.